The minimum Gasteiger partial charge on any atom is -0.486 e. The predicted molar refractivity (Wildman–Crippen MR) is 99.2 cm³/mol. The van der Waals surface area contributed by atoms with Crippen molar-refractivity contribution >= 4 is 23.3 Å². The molecule has 4 rings (SSSR count). The van der Waals surface area contributed by atoms with E-state index in [-0.39, 0.29) is 23.4 Å². The van der Waals surface area contributed by atoms with Crippen molar-refractivity contribution in [3.05, 3.63) is 30.0 Å². The van der Waals surface area contributed by atoms with Crippen LogP contribution < -0.4 is 20.1 Å². The molecule has 2 aliphatic rings. The van der Waals surface area contributed by atoms with Gasteiger partial charge in [-0.3, -0.25) is 14.3 Å². The maximum Gasteiger partial charge on any atom is 0.276 e. The summed E-state index contributed by atoms with van der Waals surface area (Å²) in [5.41, 5.74) is 0.820. The van der Waals surface area contributed by atoms with Crippen LogP contribution in [-0.2, 0) is 11.8 Å². The Morgan fingerprint density at radius 1 is 1.07 bits per heavy atom. The standard InChI is InChI=1S/C19H22N4O4/c1-23-17(21-18(24)12-4-2-3-5-12)11-14(22-23)19(25)20-13-6-7-15-16(10-13)27-9-8-26-15/h6-7,10-12H,2-5,8-9H2,1H3,(H,20,25)(H,21,24). The number of carbonyl (C=O) groups excluding carboxylic acids is 2. The summed E-state index contributed by atoms with van der Waals surface area (Å²) in [6.07, 6.45) is 4.02. The van der Waals surface area contributed by atoms with Gasteiger partial charge < -0.3 is 20.1 Å². The third kappa shape index (κ3) is 3.74. The van der Waals surface area contributed by atoms with E-state index in [4.69, 9.17) is 9.47 Å². The Kier molecular flexibility index (Phi) is 4.70. The van der Waals surface area contributed by atoms with Crippen molar-refractivity contribution in [1.82, 2.24) is 9.78 Å². The van der Waals surface area contributed by atoms with Crippen molar-refractivity contribution in [3.63, 3.8) is 0 Å². The Hall–Kier alpha value is -3.03. The first-order chi connectivity index (χ1) is 13.1. The van der Waals surface area contributed by atoms with Gasteiger partial charge in [0, 0.05) is 30.8 Å². The lowest BCUT2D eigenvalue weighted by Gasteiger charge is -2.18. The molecule has 0 spiro atoms. The molecule has 0 radical (unpaired) electrons. The molecular formula is C19H22N4O4. The Morgan fingerprint density at radius 2 is 1.81 bits per heavy atom. The Balaban J connectivity index is 1.44. The summed E-state index contributed by atoms with van der Waals surface area (Å²) in [5.74, 6) is 1.46. The average Bonchev–Trinajstić information content (AvgIpc) is 3.32. The van der Waals surface area contributed by atoms with Crippen LogP contribution in [0.25, 0.3) is 0 Å². The number of rotatable bonds is 4. The van der Waals surface area contributed by atoms with Crippen molar-refractivity contribution in [1.29, 1.82) is 0 Å². The molecule has 27 heavy (non-hydrogen) atoms. The molecule has 1 aliphatic heterocycles. The normalized spacial score (nSPS) is 16.2. The van der Waals surface area contributed by atoms with E-state index < -0.39 is 0 Å². The number of anilines is 2. The number of nitrogens with one attached hydrogen (secondary N) is 2. The van der Waals surface area contributed by atoms with E-state index in [1.165, 1.54) is 4.68 Å². The van der Waals surface area contributed by atoms with Gasteiger partial charge in [0.05, 0.1) is 0 Å². The molecule has 0 saturated heterocycles. The maximum atomic E-state index is 12.5. The summed E-state index contributed by atoms with van der Waals surface area (Å²) in [7, 11) is 1.70. The maximum absolute atomic E-state index is 12.5. The number of fused-ring (bicyclic) bond motifs is 1. The highest BCUT2D eigenvalue weighted by Gasteiger charge is 2.24. The zero-order chi connectivity index (χ0) is 18.8. The molecule has 2 heterocycles. The van der Waals surface area contributed by atoms with Crippen molar-refractivity contribution in [2.24, 2.45) is 13.0 Å². The number of aryl methyl sites for hydroxylation is 1. The molecule has 1 aromatic heterocycles. The van der Waals surface area contributed by atoms with Gasteiger partial charge in [-0.15, -0.1) is 0 Å². The molecule has 1 aliphatic carbocycles. The van der Waals surface area contributed by atoms with Gasteiger partial charge in [-0.2, -0.15) is 5.10 Å². The van der Waals surface area contributed by atoms with Gasteiger partial charge in [-0.1, -0.05) is 12.8 Å². The number of amides is 2. The van der Waals surface area contributed by atoms with E-state index in [1.807, 2.05) is 0 Å². The molecule has 1 saturated carbocycles. The number of hydrogen-bond acceptors (Lipinski definition) is 5. The van der Waals surface area contributed by atoms with Gasteiger partial charge in [0.2, 0.25) is 5.91 Å². The van der Waals surface area contributed by atoms with Crippen LogP contribution in [0, 0.1) is 5.92 Å². The third-order valence-corrected chi connectivity index (χ3v) is 4.89. The lowest BCUT2D eigenvalue weighted by atomic mass is 10.1. The molecule has 142 valence electrons. The van der Waals surface area contributed by atoms with Crippen molar-refractivity contribution in [2.75, 3.05) is 23.8 Å². The largest absolute Gasteiger partial charge is 0.486 e. The summed E-state index contributed by atoms with van der Waals surface area (Å²) in [6, 6.07) is 6.81. The van der Waals surface area contributed by atoms with Gasteiger partial charge in [-0.25, -0.2) is 0 Å². The van der Waals surface area contributed by atoms with E-state index in [1.54, 1.807) is 31.3 Å². The fraction of sp³-hybridized carbons (Fsp3) is 0.421. The summed E-state index contributed by atoms with van der Waals surface area (Å²) in [5, 5.41) is 9.88. The molecule has 2 N–H and O–H groups in total. The predicted octanol–water partition coefficient (Wildman–Crippen LogP) is 2.57. The molecule has 1 aromatic carbocycles. The van der Waals surface area contributed by atoms with Crippen molar-refractivity contribution in [3.8, 4) is 11.5 Å². The van der Waals surface area contributed by atoms with Crippen LogP contribution in [0.1, 0.15) is 36.2 Å². The zero-order valence-electron chi connectivity index (χ0n) is 15.2. The molecular weight excluding hydrogens is 348 g/mol. The van der Waals surface area contributed by atoms with Gasteiger partial charge in [-0.05, 0) is 25.0 Å². The third-order valence-electron chi connectivity index (χ3n) is 4.89. The second-order valence-corrected chi connectivity index (χ2v) is 6.82. The van der Waals surface area contributed by atoms with Crippen LogP contribution in [0.3, 0.4) is 0 Å². The van der Waals surface area contributed by atoms with Crippen molar-refractivity contribution < 1.29 is 19.1 Å². The van der Waals surface area contributed by atoms with E-state index in [2.05, 4.69) is 15.7 Å². The highest BCUT2D eigenvalue weighted by atomic mass is 16.6. The van der Waals surface area contributed by atoms with Crippen LogP contribution >= 0.6 is 0 Å². The van der Waals surface area contributed by atoms with Gasteiger partial charge in [0.1, 0.15) is 19.0 Å². The fourth-order valence-corrected chi connectivity index (χ4v) is 3.43. The molecule has 2 amide bonds. The van der Waals surface area contributed by atoms with Gasteiger partial charge in [0.25, 0.3) is 5.91 Å². The van der Waals surface area contributed by atoms with Gasteiger partial charge in [0.15, 0.2) is 17.2 Å². The minimum absolute atomic E-state index is 0.00528. The van der Waals surface area contributed by atoms with Crippen LogP contribution in [0.4, 0.5) is 11.5 Å². The number of ether oxygens (including phenoxy) is 2. The first kappa shape index (κ1) is 17.4. The van der Waals surface area contributed by atoms with E-state index >= 15 is 0 Å². The molecule has 8 nitrogen and oxygen atoms in total. The summed E-state index contributed by atoms with van der Waals surface area (Å²) in [4.78, 5) is 24.8. The molecule has 0 atom stereocenters. The number of benzene rings is 1. The Morgan fingerprint density at radius 3 is 2.59 bits per heavy atom. The van der Waals surface area contributed by atoms with Crippen LogP contribution in [0.5, 0.6) is 11.5 Å². The highest BCUT2D eigenvalue weighted by molar-refractivity contribution is 6.04. The van der Waals surface area contributed by atoms with Gasteiger partial charge >= 0.3 is 0 Å². The quantitative estimate of drug-likeness (QED) is 0.863. The summed E-state index contributed by atoms with van der Waals surface area (Å²) in [6.45, 7) is 0.997. The second kappa shape index (κ2) is 7.30. The lowest BCUT2D eigenvalue weighted by Crippen LogP contribution is -2.21. The fourth-order valence-electron chi connectivity index (χ4n) is 3.43. The number of hydrogen-bond donors (Lipinski definition) is 2. The summed E-state index contributed by atoms with van der Waals surface area (Å²) < 4.78 is 12.5. The zero-order valence-corrected chi connectivity index (χ0v) is 15.2. The molecule has 1 fully saturated rings. The topological polar surface area (TPSA) is 94.5 Å². The number of carbonyl (C=O) groups is 2. The van der Waals surface area contributed by atoms with E-state index in [0.29, 0.717) is 36.2 Å². The van der Waals surface area contributed by atoms with E-state index in [0.717, 1.165) is 25.7 Å². The first-order valence-electron chi connectivity index (χ1n) is 9.16. The lowest BCUT2D eigenvalue weighted by molar-refractivity contribution is -0.119. The van der Waals surface area contributed by atoms with Crippen LogP contribution in [-0.4, -0.2) is 34.8 Å². The molecule has 0 unspecified atom stereocenters. The van der Waals surface area contributed by atoms with E-state index in [9.17, 15) is 9.59 Å². The smallest absolute Gasteiger partial charge is 0.276 e. The Bertz CT molecular complexity index is 871. The number of nitrogens with zero attached hydrogens (tertiary/aromatic N) is 2. The SMILES string of the molecule is Cn1nc(C(=O)Nc2ccc3c(c2)OCCO3)cc1NC(=O)C1CCCC1. The first-order valence-corrected chi connectivity index (χ1v) is 9.16. The monoisotopic (exact) mass is 370 g/mol. The molecule has 2 aromatic rings. The van der Waals surface area contributed by atoms with Crippen LogP contribution in [0.2, 0.25) is 0 Å². The number of aromatic nitrogens is 2. The molecule has 0 bridgehead atoms. The molecule has 8 heteroatoms. The average molecular weight is 370 g/mol. The van der Waals surface area contributed by atoms with Crippen molar-refractivity contribution in [2.45, 2.75) is 25.7 Å². The Labute approximate surface area is 156 Å². The van der Waals surface area contributed by atoms with Crippen LogP contribution in [0.15, 0.2) is 24.3 Å². The minimum atomic E-state index is -0.358. The second-order valence-electron chi connectivity index (χ2n) is 6.82. The highest BCUT2D eigenvalue weighted by Crippen LogP contribution is 2.32. The summed E-state index contributed by atoms with van der Waals surface area (Å²) >= 11 is 0.